The van der Waals surface area contributed by atoms with E-state index in [2.05, 4.69) is 20.8 Å². The van der Waals surface area contributed by atoms with E-state index in [0.717, 1.165) is 12.8 Å². The lowest BCUT2D eigenvalue weighted by molar-refractivity contribution is -0.124. The van der Waals surface area contributed by atoms with Crippen molar-refractivity contribution in [3.63, 3.8) is 0 Å². The van der Waals surface area contributed by atoms with Crippen LogP contribution in [0.15, 0.2) is 0 Å². The van der Waals surface area contributed by atoms with Gasteiger partial charge >= 0.3 is 0 Å². The van der Waals surface area contributed by atoms with Gasteiger partial charge in [0.2, 0.25) is 0 Å². The van der Waals surface area contributed by atoms with E-state index in [-0.39, 0.29) is 5.41 Å². The number of hydrogen-bond acceptors (Lipinski definition) is 1. The van der Waals surface area contributed by atoms with Crippen molar-refractivity contribution < 1.29 is 4.79 Å². The molecule has 1 fully saturated rings. The van der Waals surface area contributed by atoms with Crippen molar-refractivity contribution in [2.24, 2.45) is 11.3 Å². The van der Waals surface area contributed by atoms with Crippen LogP contribution in [-0.2, 0) is 4.79 Å². The average molecular weight is 140 g/mol. The van der Waals surface area contributed by atoms with Crippen LogP contribution in [0.2, 0.25) is 0 Å². The predicted octanol–water partition coefficient (Wildman–Crippen LogP) is 2.40. The third-order valence-corrected chi connectivity index (χ3v) is 2.15. The van der Waals surface area contributed by atoms with Gasteiger partial charge in [0.25, 0.3) is 0 Å². The highest BCUT2D eigenvalue weighted by Crippen LogP contribution is 2.36. The molecule has 0 amide bonds. The maximum atomic E-state index is 11.1. The van der Waals surface area contributed by atoms with E-state index >= 15 is 0 Å². The van der Waals surface area contributed by atoms with E-state index in [9.17, 15) is 4.79 Å². The second kappa shape index (κ2) is 2.37. The Kier molecular flexibility index (Phi) is 1.84. The Labute approximate surface area is 62.8 Å². The lowest BCUT2D eigenvalue weighted by atomic mass is 9.72. The zero-order valence-corrected chi connectivity index (χ0v) is 7.11. The minimum atomic E-state index is 0.273. The van der Waals surface area contributed by atoms with Crippen molar-refractivity contribution in [3.05, 3.63) is 0 Å². The van der Waals surface area contributed by atoms with E-state index in [4.69, 9.17) is 0 Å². The number of ketones is 1. The third kappa shape index (κ3) is 1.83. The molecule has 0 unspecified atom stereocenters. The van der Waals surface area contributed by atoms with Crippen LogP contribution in [0.25, 0.3) is 0 Å². The largest absolute Gasteiger partial charge is 0.300 e. The fourth-order valence-corrected chi connectivity index (χ4v) is 2.08. The number of carbonyl (C=O) groups is 1. The summed E-state index contributed by atoms with van der Waals surface area (Å²) in [7, 11) is 0. The van der Waals surface area contributed by atoms with Crippen LogP contribution >= 0.6 is 0 Å². The molecule has 0 spiro atoms. The summed E-state index contributed by atoms with van der Waals surface area (Å²) in [4.78, 5) is 11.1. The van der Waals surface area contributed by atoms with Gasteiger partial charge in [-0.1, -0.05) is 20.8 Å². The van der Waals surface area contributed by atoms with Crippen molar-refractivity contribution in [1.29, 1.82) is 0 Å². The van der Waals surface area contributed by atoms with Gasteiger partial charge in [0.05, 0.1) is 0 Å². The normalized spacial score (nSPS) is 32.3. The van der Waals surface area contributed by atoms with E-state index in [0.29, 0.717) is 11.7 Å². The fourth-order valence-electron chi connectivity index (χ4n) is 2.08. The summed E-state index contributed by atoms with van der Waals surface area (Å²) < 4.78 is 0. The molecular formula is C9H16O. The quantitative estimate of drug-likeness (QED) is 0.505. The van der Waals surface area contributed by atoms with Crippen molar-refractivity contribution >= 4 is 5.78 Å². The van der Waals surface area contributed by atoms with Crippen LogP contribution in [0, 0.1) is 11.3 Å². The Balaban J connectivity index is 2.59. The molecule has 1 aliphatic rings. The van der Waals surface area contributed by atoms with Gasteiger partial charge in [-0.3, -0.25) is 4.79 Å². The van der Waals surface area contributed by atoms with E-state index < -0.39 is 0 Å². The number of carbonyl (C=O) groups excluding carboxylic acids is 1. The zero-order chi connectivity index (χ0) is 7.78. The maximum Gasteiger partial charge on any atom is 0.133 e. The Morgan fingerprint density at radius 1 is 1.50 bits per heavy atom. The monoisotopic (exact) mass is 140 g/mol. The van der Waals surface area contributed by atoms with Crippen molar-refractivity contribution in [2.75, 3.05) is 0 Å². The first-order chi connectivity index (χ1) is 4.49. The first kappa shape index (κ1) is 7.77. The van der Waals surface area contributed by atoms with Gasteiger partial charge in [-0.2, -0.15) is 0 Å². The van der Waals surface area contributed by atoms with Gasteiger partial charge in [0.15, 0.2) is 0 Å². The maximum absolute atomic E-state index is 11.1. The molecule has 1 nitrogen and oxygen atoms in total. The molecule has 0 N–H and O–H groups in total. The van der Waals surface area contributed by atoms with Gasteiger partial charge in [0, 0.05) is 12.8 Å². The molecule has 0 saturated heterocycles. The van der Waals surface area contributed by atoms with E-state index in [1.807, 2.05) is 0 Å². The van der Waals surface area contributed by atoms with Crippen LogP contribution in [0.5, 0.6) is 0 Å². The molecule has 0 aromatic rings. The second-order valence-electron chi connectivity index (χ2n) is 4.39. The Hall–Kier alpha value is -0.330. The summed E-state index contributed by atoms with van der Waals surface area (Å²) in [6, 6.07) is 0. The van der Waals surface area contributed by atoms with Crippen LogP contribution in [0.4, 0.5) is 0 Å². The van der Waals surface area contributed by atoms with Crippen LogP contribution in [0.1, 0.15) is 40.0 Å². The van der Waals surface area contributed by atoms with Crippen LogP contribution in [-0.4, -0.2) is 5.78 Å². The lowest BCUT2D eigenvalue weighted by Gasteiger charge is -2.32. The second-order valence-corrected chi connectivity index (χ2v) is 4.39. The highest BCUT2D eigenvalue weighted by Gasteiger charge is 2.30. The minimum absolute atomic E-state index is 0.273. The van der Waals surface area contributed by atoms with Crippen molar-refractivity contribution in [2.45, 2.75) is 40.0 Å². The van der Waals surface area contributed by atoms with Crippen LogP contribution in [0.3, 0.4) is 0 Å². The summed E-state index contributed by atoms with van der Waals surface area (Å²) in [5, 5.41) is 0. The fraction of sp³-hybridized carbons (Fsp3) is 0.889. The molecule has 0 aromatic heterocycles. The highest BCUT2D eigenvalue weighted by atomic mass is 16.1. The molecule has 0 bridgehead atoms. The Morgan fingerprint density at radius 3 is 2.50 bits per heavy atom. The van der Waals surface area contributed by atoms with Crippen molar-refractivity contribution in [1.82, 2.24) is 0 Å². The molecule has 10 heavy (non-hydrogen) atoms. The molecule has 1 heteroatoms. The standard InChI is InChI=1S/C9H16O/c1-7-4-8(10)6-9(2,3)5-7/h7H,4-6H2,1-3H3/t7-/m0/s1. The van der Waals surface area contributed by atoms with Gasteiger partial charge < -0.3 is 0 Å². The summed E-state index contributed by atoms with van der Waals surface area (Å²) >= 11 is 0. The molecular weight excluding hydrogens is 124 g/mol. The molecule has 1 aliphatic carbocycles. The van der Waals surface area contributed by atoms with Crippen molar-refractivity contribution in [3.8, 4) is 0 Å². The Morgan fingerprint density at radius 2 is 2.10 bits per heavy atom. The minimum Gasteiger partial charge on any atom is -0.300 e. The topological polar surface area (TPSA) is 17.1 Å². The summed E-state index contributed by atoms with van der Waals surface area (Å²) in [6.45, 7) is 6.53. The molecule has 0 aromatic carbocycles. The predicted molar refractivity (Wildman–Crippen MR) is 41.8 cm³/mol. The molecule has 1 saturated carbocycles. The van der Waals surface area contributed by atoms with E-state index in [1.165, 1.54) is 6.42 Å². The molecule has 0 heterocycles. The number of rotatable bonds is 0. The van der Waals surface area contributed by atoms with E-state index in [1.54, 1.807) is 0 Å². The first-order valence-corrected chi connectivity index (χ1v) is 4.01. The number of Topliss-reactive ketones (excluding diaryl/α,β-unsaturated/α-hetero) is 1. The summed E-state index contributed by atoms with van der Waals surface area (Å²) in [5.41, 5.74) is 0.273. The zero-order valence-electron chi connectivity index (χ0n) is 7.11. The first-order valence-electron chi connectivity index (χ1n) is 4.01. The molecule has 0 aliphatic heterocycles. The third-order valence-electron chi connectivity index (χ3n) is 2.15. The summed E-state index contributed by atoms with van der Waals surface area (Å²) in [5.74, 6) is 1.06. The van der Waals surface area contributed by atoms with Crippen LogP contribution < -0.4 is 0 Å². The number of hydrogen-bond donors (Lipinski definition) is 0. The smallest absolute Gasteiger partial charge is 0.133 e. The summed E-state index contributed by atoms with van der Waals surface area (Å²) in [6.07, 6.45) is 2.81. The van der Waals surface area contributed by atoms with Gasteiger partial charge in [-0.25, -0.2) is 0 Å². The average Bonchev–Trinajstić information content (AvgIpc) is 1.54. The molecule has 0 radical (unpaired) electrons. The van der Waals surface area contributed by atoms with Gasteiger partial charge in [-0.05, 0) is 17.8 Å². The SMILES string of the molecule is C[C@H]1CC(=O)CC(C)(C)C1. The van der Waals surface area contributed by atoms with Gasteiger partial charge in [-0.15, -0.1) is 0 Å². The Bertz CT molecular complexity index is 147. The lowest BCUT2D eigenvalue weighted by Crippen LogP contribution is -2.27. The molecule has 58 valence electrons. The van der Waals surface area contributed by atoms with Gasteiger partial charge in [0.1, 0.15) is 5.78 Å². The highest BCUT2D eigenvalue weighted by molar-refractivity contribution is 5.80. The molecule has 1 atom stereocenters. The molecule has 1 rings (SSSR count).